The molecule has 0 radical (unpaired) electrons. The van der Waals surface area contributed by atoms with Crippen molar-refractivity contribution < 1.29 is 4.79 Å². The maximum atomic E-state index is 12.6. The van der Waals surface area contributed by atoms with Crippen LogP contribution in [-0.4, -0.2) is 81.5 Å². The second kappa shape index (κ2) is 8.46. The van der Waals surface area contributed by atoms with Gasteiger partial charge in [-0.2, -0.15) is 4.98 Å². The van der Waals surface area contributed by atoms with E-state index in [1.165, 1.54) is 6.42 Å². The van der Waals surface area contributed by atoms with Crippen molar-refractivity contribution in [3.8, 4) is 10.6 Å². The Kier molecular flexibility index (Phi) is 5.16. The van der Waals surface area contributed by atoms with Crippen molar-refractivity contribution in [3.05, 3.63) is 53.3 Å². The van der Waals surface area contributed by atoms with E-state index in [1.807, 2.05) is 44.4 Å². The highest BCUT2D eigenvalue weighted by Gasteiger charge is 2.42. The molecule has 6 heterocycles. The summed E-state index contributed by atoms with van der Waals surface area (Å²) in [6.07, 6.45) is 3.87. The van der Waals surface area contributed by atoms with Crippen molar-refractivity contribution >= 4 is 45.0 Å². The number of carbonyl (C=O) groups excluding carboxylic acids is 1. The van der Waals surface area contributed by atoms with Crippen LogP contribution in [0.3, 0.4) is 0 Å². The summed E-state index contributed by atoms with van der Waals surface area (Å²) in [6, 6.07) is 10.9. The summed E-state index contributed by atoms with van der Waals surface area (Å²) in [4.78, 5) is 38.3. The van der Waals surface area contributed by atoms with E-state index in [4.69, 9.17) is 15.0 Å². The number of carbonyl (C=O) groups is 1. The van der Waals surface area contributed by atoms with E-state index in [2.05, 4.69) is 33.2 Å². The fourth-order valence-electron chi connectivity index (χ4n) is 5.85. The maximum absolute atomic E-state index is 12.6. The summed E-state index contributed by atoms with van der Waals surface area (Å²) in [5, 5.41) is 4.29. The van der Waals surface area contributed by atoms with Gasteiger partial charge >= 0.3 is 0 Å². The van der Waals surface area contributed by atoms with Crippen molar-refractivity contribution in [3.63, 3.8) is 0 Å². The quantitative estimate of drug-likeness (QED) is 0.443. The molecule has 0 spiro atoms. The van der Waals surface area contributed by atoms with Gasteiger partial charge in [-0.15, -0.1) is 11.3 Å². The number of anilines is 3. The van der Waals surface area contributed by atoms with Gasteiger partial charge in [0, 0.05) is 73.9 Å². The number of aryl methyl sites for hydroxylation is 1. The van der Waals surface area contributed by atoms with E-state index >= 15 is 0 Å². The molecule has 0 saturated carbocycles. The first-order valence-electron chi connectivity index (χ1n) is 12.7. The average Bonchev–Trinajstić information content (AvgIpc) is 3.59. The zero-order valence-electron chi connectivity index (χ0n) is 21.1. The van der Waals surface area contributed by atoms with Crippen molar-refractivity contribution in [2.75, 3.05) is 43.9 Å². The summed E-state index contributed by atoms with van der Waals surface area (Å²) in [7, 11) is 4.05. The van der Waals surface area contributed by atoms with Crippen molar-refractivity contribution in [2.24, 2.45) is 0 Å². The van der Waals surface area contributed by atoms with Crippen LogP contribution in [0, 0.1) is 6.92 Å². The van der Waals surface area contributed by atoms with Crippen molar-refractivity contribution in [1.29, 1.82) is 0 Å². The molecule has 1 amide bonds. The van der Waals surface area contributed by atoms with Crippen LogP contribution in [0.15, 0.2) is 36.5 Å². The number of hydrogen-bond donors (Lipinski definition) is 1. The van der Waals surface area contributed by atoms with Gasteiger partial charge in [-0.25, -0.2) is 15.0 Å². The number of likely N-dealkylation sites (tertiary alicyclic amines) is 1. The SMILES string of the molecule is Cc1cc(Nc2cc3nc(-c4cccc5c4CCN(C)C5=O)sc3cn2)nc(N2C[C@@H]3C[C@H]2CN3C)n1. The Hall–Kier alpha value is -3.63. The molecular weight excluding hydrogens is 484 g/mol. The van der Waals surface area contributed by atoms with Crippen LogP contribution in [0.25, 0.3) is 20.8 Å². The first-order chi connectivity index (χ1) is 17.9. The highest BCUT2D eigenvalue weighted by molar-refractivity contribution is 7.21. The molecule has 188 valence electrons. The smallest absolute Gasteiger partial charge is 0.253 e. The van der Waals surface area contributed by atoms with Crippen LogP contribution in [0.5, 0.6) is 0 Å². The maximum Gasteiger partial charge on any atom is 0.253 e. The molecule has 4 aromatic rings. The zero-order chi connectivity index (χ0) is 25.3. The van der Waals surface area contributed by atoms with Gasteiger partial charge in [0.05, 0.1) is 10.2 Å². The molecule has 3 aliphatic heterocycles. The van der Waals surface area contributed by atoms with Crippen LogP contribution >= 0.6 is 11.3 Å². The third-order valence-corrected chi connectivity index (χ3v) is 8.87. The standard InChI is InChI=1S/C27H28N8OS/c1-15-9-24(32-27(29-15)35-14-16-10-17(35)13-34(16)3)31-23-11-21-22(12-28-23)37-25(30-21)19-5-4-6-20-18(19)7-8-33(2)26(20)36/h4-6,9,11-12,16-17H,7-8,10,13-14H2,1-3H3,(H,28,29,31,32)/t16-,17-/m0/s1. The minimum Gasteiger partial charge on any atom is -0.341 e. The van der Waals surface area contributed by atoms with Crippen molar-refractivity contribution in [2.45, 2.75) is 31.8 Å². The summed E-state index contributed by atoms with van der Waals surface area (Å²) in [5.74, 6) is 2.29. The van der Waals surface area contributed by atoms with Gasteiger partial charge in [-0.05, 0) is 38.4 Å². The molecule has 0 aliphatic carbocycles. The monoisotopic (exact) mass is 512 g/mol. The number of pyridine rings is 1. The summed E-state index contributed by atoms with van der Waals surface area (Å²) >= 11 is 1.61. The normalized spacial score (nSPS) is 21.2. The molecule has 2 atom stereocenters. The van der Waals surface area contributed by atoms with Gasteiger partial charge in [0.15, 0.2) is 0 Å². The lowest BCUT2D eigenvalue weighted by Crippen LogP contribution is -2.45. The van der Waals surface area contributed by atoms with Crippen LogP contribution in [0.2, 0.25) is 0 Å². The molecule has 2 bridgehead atoms. The minimum absolute atomic E-state index is 0.0747. The predicted molar refractivity (Wildman–Crippen MR) is 146 cm³/mol. The topological polar surface area (TPSA) is 90.4 Å². The minimum atomic E-state index is 0.0747. The lowest BCUT2D eigenvalue weighted by atomic mass is 9.94. The van der Waals surface area contributed by atoms with Gasteiger partial charge in [0.2, 0.25) is 5.95 Å². The summed E-state index contributed by atoms with van der Waals surface area (Å²) in [6.45, 7) is 4.76. The third-order valence-electron chi connectivity index (χ3n) is 7.83. The molecule has 1 aromatic carbocycles. The molecule has 3 aliphatic rings. The van der Waals surface area contributed by atoms with E-state index in [-0.39, 0.29) is 5.91 Å². The molecule has 2 fully saturated rings. The number of thiazole rings is 1. The molecule has 2 saturated heterocycles. The molecule has 37 heavy (non-hydrogen) atoms. The number of amides is 1. The molecule has 3 aromatic heterocycles. The molecule has 9 nitrogen and oxygen atoms in total. The molecule has 7 rings (SSSR count). The van der Waals surface area contributed by atoms with E-state index in [9.17, 15) is 4.79 Å². The van der Waals surface area contributed by atoms with E-state index in [0.717, 1.165) is 75.4 Å². The fourth-order valence-corrected chi connectivity index (χ4v) is 6.82. The van der Waals surface area contributed by atoms with Gasteiger partial charge in [0.25, 0.3) is 5.91 Å². The van der Waals surface area contributed by atoms with Crippen LogP contribution in [0.1, 0.15) is 28.0 Å². The van der Waals surface area contributed by atoms with E-state index in [1.54, 1.807) is 16.2 Å². The Balaban J connectivity index is 1.17. The second-order valence-electron chi connectivity index (χ2n) is 10.3. The Morgan fingerprint density at radius 1 is 1.03 bits per heavy atom. The van der Waals surface area contributed by atoms with Gasteiger partial charge in [0.1, 0.15) is 16.6 Å². The molecule has 0 unspecified atom stereocenters. The number of piperazine rings is 1. The second-order valence-corrected chi connectivity index (χ2v) is 11.4. The Labute approximate surface area is 219 Å². The Bertz CT molecular complexity index is 1550. The third kappa shape index (κ3) is 3.82. The van der Waals surface area contributed by atoms with Crippen LogP contribution in [0.4, 0.5) is 17.6 Å². The van der Waals surface area contributed by atoms with Gasteiger partial charge in [-0.3, -0.25) is 9.69 Å². The average molecular weight is 513 g/mol. The number of rotatable bonds is 4. The molecule has 10 heteroatoms. The Morgan fingerprint density at radius 2 is 1.89 bits per heavy atom. The number of aromatic nitrogens is 4. The number of benzene rings is 1. The fraction of sp³-hybridized carbons (Fsp3) is 0.370. The Morgan fingerprint density at radius 3 is 2.70 bits per heavy atom. The lowest BCUT2D eigenvalue weighted by Gasteiger charge is -2.32. The first kappa shape index (κ1) is 22.6. The highest BCUT2D eigenvalue weighted by Crippen LogP contribution is 2.36. The summed E-state index contributed by atoms with van der Waals surface area (Å²) in [5.41, 5.74) is 4.70. The number of nitrogens with zero attached hydrogens (tertiary/aromatic N) is 7. The first-order valence-corrected chi connectivity index (χ1v) is 13.5. The number of nitrogens with one attached hydrogen (secondary N) is 1. The number of likely N-dealkylation sites (N-methyl/N-ethyl adjacent to an activating group) is 2. The highest BCUT2D eigenvalue weighted by atomic mass is 32.1. The van der Waals surface area contributed by atoms with Gasteiger partial charge in [-0.1, -0.05) is 12.1 Å². The predicted octanol–water partition coefficient (Wildman–Crippen LogP) is 3.72. The number of fused-ring (bicyclic) bond motifs is 4. The zero-order valence-corrected chi connectivity index (χ0v) is 21.9. The van der Waals surface area contributed by atoms with Crippen LogP contribution in [-0.2, 0) is 6.42 Å². The van der Waals surface area contributed by atoms with E-state index in [0.29, 0.717) is 17.9 Å². The lowest BCUT2D eigenvalue weighted by molar-refractivity contribution is 0.0781. The molecular formula is C27H28N8OS. The van der Waals surface area contributed by atoms with Crippen LogP contribution < -0.4 is 10.2 Å². The van der Waals surface area contributed by atoms with Crippen molar-refractivity contribution in [1.82, 2.24) is 29.7 Å². The number of hydrogen-bond acceptors (Lipinski definition) is 9. The molecule has 1 N–H and O–H groups in total. The van der Waals surface area contributed by atoms with Gasteiger partial charge < -0.3 is 15.1 Å². The van der Waals surface area contributed by atoms with E-state index < -0.39 is 0 Å². The summed E-state index contributed by atoms with van der Waals surface area (Å²) < 4.78 is 1.01. The largest absolute Gasteiger partial charge is 0.341 e.